The molecule has 0 aromatic carbocycles. The highest BCUT2D eigenvalue weighted by molar-refractivity contribution is 6.35. The summed E-state index contributed by atoms with van der Waals surface area (Å²) in [5.41, 5.74) is 7.91. The number of ketones is 1. The van der Waals surface area contributed by atoms with Crippen LogP contribution in [0.3, 0.4) is 0 Å². The molecule has 0 spiro atoms. The Morgan fingerprint density at radius 1 is 1.43 bits per heavy atom. The number of carbonyl (C=O) groups excluding carboxylic acids is 2. The number of rotatable bonds is 3. The van der Waals surface area contributed by atoms with E-state index in [4.69, 9.17) is 17.3 Å². The zero-order valence-electron chi connectivity index (χ0n) is 11.3. The minimum Gasteiger partial charge on any atom is -0.369 e. The average Bonchev–Trinajstić information content (AvgIpc) is 2.73. The molecular weight excluding hydrogens is 290 g/mol. The van der Waals surface area contributed by atoms with Crippen molar-refractivity contribution in [1.29, 1.82) is 0 Å². The maximum atomic E-state index is 12.2. The lowest BCUT2D eigenvalue weighted by atomic mass is 10.0. The first-order valence-electron chi connectivity index (χ1n) is 6.72. The van der Waals surface area contributed by atoms with E-state index in [-0.39, 0.29) is 12.2 Å². The van der Waals surface area contributed by atoms with Gasteiger partial charge in [0.05, 0.1) is 22.8 Å². The Morgan fingerprint density at radius 2 is 2.24 bits per heavy atom. The van der Waals surface area contributed by atoms with E-state index in [1.54, 1.807) is 12.4 Å². The van der Waals surface area contributed by atoms with Gasteiger partial charge in [-0.05, 0) is 18.6 Å². The van der Waals surface area contributed by atoms with Crippen LogP contribution in [0.2, 0.25) is 5.02 Å². The normalized spacial score (nSPS) is 14.0. The van der Waals surface area contributed by atoms with E-state index in [9.17, 15) is 9.59 Å². The molecule has 1 aliphatic rings. The number of nitrogens with two attached hydrogens (primary N) is 1. The van der Waals surface area contributed by atoms with Gasteiger partial charge in [0.15, 0.2) is 5.78 Å². The smallest absolute Gasteiger partial charge is 0.221 e. The molecule has 0 radical (unpaired) electrons. The van der Waals surface area contributed by atoms with Crippen LogP contribution in [0.4, 0.5) is 0 Å². The van der Waals surface area contributed by atoms with Crippen molar-refractivity contribution in [3.8, 4) is 11.3 Å². The second kappa shape index (κ2) is 5.33. The zero-order valence-corrected chi connectivity index (χ0v) is 12.1. The highest BCUT2D eigenvalue weighted by Gasteiger charge is 2.29. The van der Waals surface area contributed by atoms with Crippen molar-refractivity contribution >= 4 is 23.3 Å². The summed E-state index contributed by atoms with van der Waals surface area (Å²) in [4.78, 5) is 27.6. The third-order valence-electron chi connectivity index (χ3n) is 3.63. The molecule has 0 saturated heterocycles. The van der Waals surface area contributed by atoms with E-state index in [0.29, 0.717) is 29.2 Å². The fraction of sp³-hybridized carbons (Fsp3) is 0.267. The molecule has 3 heterocycles. The van der Waals surface area contributed by atoms with Gasteiger partial charge in [-0.3, -0.25) is 14.6 Å². The first-order chi connectivity index (χ1) is 10.1. The van der Waals surface area contributed by atoms with Gasteiger partial charge in [-0.15, -0.1) is 0 Å². The number of primary amides is 1. The van der Waals surface area contributed by atoms with E-state index in [1.165, 1.54) is 0 Å². The Bertz CT molecular complexity index is 722. The maximum absolute atomic E-state index is 12.2. The molecule has 0 aliphatic carbocycles. The SMILES string of the molecule is NC(=O)Cc1c(Cl)c(-c2cccnc2)n2c1C(=O)CCC2. The summed E-state index contributed by atoms with van der Waals surface area (Å²) < 4.78 is 1.89. The number of pyridine rings is 1. The summed E-state index contributed by atoms with van der Waals surface area (Å²) in [6.07, 6.45) is 4.58. The molecule has 108 valence electrons. The fourth-order valence-corrected chi connectivity index (χ4v) is 3.19. The Labute approximate surface area is 126 Å². The topological polar surface area (TPSA) is 78.0 Å². The molecule has 2 aromatic rings. The summed E-state index contributed by atoms with van der Waals surface area (Å²) in [7, 11) is 0. The predicted octanol–water partition coefficient (Wildman–Crippen LogP) is 2.21. The van der Waals surface area contributed by atoms with Gasteiger partial charge in [-0.2, -0.15) is 0 Å². The Kier molecular flexibility index (Phi) is 3.51. The van der Waals surface area contributed by atoms with Gasteiger partial charge in [0.2, 0.25) is 5.91 Å². The lowest BCUT2D eigenvalue weighted by molar-refractivity contribution is -0.117. The summed E-state index contributed by atoms with van der Waals surface area (Å²) in [5, 5.41) is 0.423. The van der Waals surface area contributed by atoms with Crippen molar-refractivity contribution in [3.63, 3.8) is 0 Å². The lowest BCUT2D eigenvalue weighted by Gasteiger charge is -2.17. The highest BCUT2D eigenvalue weighted by Crippen LogP contribution is 2.38. The van der Waals surface area contributed by atoms with E-state index in [1.807, 2.05) is 16.7 Å². The third kappa shape index (κ3) is 2.34. The van der Waals surface area contributed by atoms with E-state index in [2.05, 4.69) is 4.98 Å². The number of fused-ring (bicyclic) bond motifs is 1. The molecule has 0 bridgehead atoms. The van der Waals surface area contributed by atoms with Crippen LogP contribution < -0.4 is 5.73 Å². The van der Waals surface area contributed by atoms with Crippen molar-refractivity contribution in [2.45, 2.75) is 25.8 Å². The van der Waals surface area contributed by atoms with Crippen molar-refractivity contribution in [3.05, 3.63) is 40.8 Å². The molecule has 6 heteroatoms. The van der Waals surface area contributed by atoms with E-state index in [0.717, 1.165) is 17.7 Å². The van der Waals surface area contributed by atoms with Gasteiger partial charge in [-0.25, -0.2) is 0 Å². The standard InChI is InChI=1S/C15H14ClN3O2/c16-13-10(7-12(17)21)15-11(20)4-2-6-19(15)14(13)9-3-1-5-18-8-9/h1,3,5,8H,2,4,6-7H2,(H2,17,21). The molecule has 0 unspecified atom stereocenters. The summed E-state index contributed by atoms with van der Waals surface area (Å²) in [6.45, 7) is 0.698. The van der Waals surface area contributed by atoms with Crippen LogP contribution in [0.5, 0.6) is 0 Å². The van der Waals surface area contributed by atoms with Gasteiger partial charge >= 0.3 is 0 Å². The minimum absolute atomic E-state index is 0.00883. The average molecular weight is 304 g/mol. The van der Waals surface area contributed by atoms with Crippen molar-refractivity contribution in [2.24, 2.45) is 5.73 Å². The number of Topliss-reactive ketones (excluding diaryl/α,β-unsaturated/α-hetero) is 1. The van der Waals surface area contributed by atoms with Crippen LogP contribution in [-0.2, 0) is 17.8 Å². The summed E-state index contributed by atoms with van der Waals surface area (Å²) >= 11 is 6.46. The number of halogens is 1. The second-order valence-electron chi connectivity index (χ2n) is 5.05. The maximum Gasteiger partial charge on any atom is 0.221 e. The first kappa shape index (κ1) is 13.8. The van der Waals surface area contributed by atoms with Crippen LogP contribution in [-0.4, -0.2) is 21.2 Å². The molecule has 0 atom stereocenters. The molecule has 0 fully saturated rings. The van der Waals surface area contributed by atoms with E-state index >= 15 is 0 Å². The molecule has 5 nitrogen and oxygen atoms in total. The third-order valence-corrected chi connectivity index (χ3v) is 4.04. The molecule has 1 aliphatic heterocycles. The number of hydrogen-bond donors (Lipinski definition) is 1. The monoisotopic (exact) mass is 303 g/mol. The Hall–Kier alpha value is -2.14. The van der Waals surface area contributed by atoms with Crippen LogP contribution in [0.1, 0.15) is 28.9 Å². The van der Waals surface area contributed by atoms with Gasteiger partial charge < -0.3 is 10.3 Å². The molecule has 2 N–H and O–H groups in total. The summed E-state index contributed by atoms with van der Waals surface area (Å²) in [5.74, 6) is -0.490. The zero-order chi connectivity index (χ0) is 15.0. The molecular formula is C15H14ClN3O2. The van der Waals surface area contributed by atoms with Crippen molar-refractivity contribution < 1.29 is 9.59 Å². The first-order valence-corrected chi connectivity index (χ1v) is 7.10. The van der Waals surface area contributed by atoms with Crippen LogP contribution >= 0.6 is 11.6 Å². The van der Waals surface area contributed by atoms with Gasteiger partial charge in [-0.1, -0.05) is 11.6 Å². The fourth-order valence-electron chi connectivity index (χ4n) is 2.82. The van der Waals surface area contributed by atoms with Crippen LogP contribution in [0.15, 0.2) is 24.5 Å². The Morgan fingerprint density at radius 3 is 2.90 bits per heavy atom. The predicted molar refractivity (Wildman–Crippen MR) is 79.1 cm³/mol. The second-order valence-corrected chi connectivity index (χ2v) is 5.43. The highest BCUT2D eigenvalue weighted by atomic mass is 35.5. The molecule has 0 saturated carbocycles. The van der Waals surface area contributed by atoms with Gasteiger partial charge in [0.25, 0.3) is 0 Å². The Balaban J connectivity index is 2.26. The van der Waals surface area contributed by atoms with Crippen molar-refractivity contribution in [2.75, 3.05) is 0 Å². The number of aromatic nitrogens is 2. The summed E-state index contributed by atoms with van der Waals surface area (Å²) in [6, 6.07) is 3.69. The number of carbonyl (C=O) groups is 2. The van der Waals surface area contributed by atoms with Crippen molar-refractivity contribution in [1.82, 2.24) is 9.55 Å². The number of nitrogens with zero attached hydrogens (tertiary/aromatic N) is 2. The minimum atomic E-state index is -0.499. The molecule has 21 heavy (non-hydrogen) atoms. The molecule has 2 aromatic heterocycles. The lowest BCUT2D eigenvalue weighted by Crippen LogP contribution is -2.21. The molecule has 1 amide bonds. The number of amides is 1. The van der Waals surface area contributed by atoms with Crippen LogP contribution in [0.25, 0.3) is 11.3 Å². The van der Waals surface area contributed by atoms with Crippen LogP contribution in [0, 0.1) is 0 Å². The quantitative estimate of drug-likeness (QED) is 0.944. The van der Waals surface area contributed by atoms with E-state index < -0.39 is 5.91 Å². The number of hydrogen-bond acceptors (Lipinski definition) is 3. The largest absolute Gasteiger partial charge is 0.369 e. The molecule has 3 rings (SSSR count). The van der Waals surface area contributed by atoms with Gasteiger partial charge in [0, 0.05) is 36.5 Å². The van der Waals surface area contributed by atoms with Gasteiger partial charge in [0.1, 0.15) is 0 Å².